The van der Waals surface area contributed by atoms with Gasteiger partial charge in [0.15, 0.2) is 0 Å². The van der Waals surface area contributed by atoms with Crippen LogP contribution < -0.4 is 0 Å². The molecule has 2 saturated heterocycles. The Labute approximate surface area is 285 Å². The molecule has 1 aromatic carbocycles. The maximum atomic E-state index is 14.1. The average molecular weight is 717 g/mol. The minimum absolute atomic E-state index is 0.0447. The van der Waals surface area contributed by atoms with Crippen molar-refractivity contribution in [1.82, 2.24) is 28.8 Å². The predicted molar refractivity (Wildman–Crippen MR) is 179 cm³/mol. The molecule has 4 heterocycles. The molecule has 2 N–H and O–H groups in total. The molecular weight excluding hydrogens is 670 g/mol. The van der Waals surface area contributed by atoms with Gasteiger partial charge in [0, 0.05) is 85.7 Å². The lowest BCUT2D eigenvalue weighted by molar-refractivity contribution is -0.139. The number of nitrogens with zero attached hydrogens (tertiary/aromatic N) is 6. The smallest absolute Gasteiger partial charge is 0.417 e. The number of piperidine rings is 2. The molecule has 0 spiro atoms. The molecule has 11 nitrogen and oxygen atoms in total. The van der Waals surface area contributed by atoms with E-state index in [1.165, 1.54) is 39.5 Å². The van der Waals surface area contributed by atoms with Gasteiger partial charge in [-0.1, -0.05) is 12.5 Å². The van der Waals surface area contributed by atoms with Crippen molar-refractivity contribution in [3.63, 3.8) is 0 Å². The van der Waals surface area contributed by atoms with Crippen molar-refractivity contribution in [2.75, 3.05) is 64.4 Å². The number of alkyl halides is 3. The number of halogens is 3. The van der Waals surface area contributed by atoms with Gasteiger partial charge >= 0.3 is 12.3 Å². The Morgan fingerprint density at radius 1 is 1.08 bits per heavy atom. The summed E-state index contributed by atoms with van der Waals surface area (Å²) in [4.78, 5) is 17.5. The van der Waals surface area contributed by atoms with E-state index < -0.39 is 34.0 Å². The standard InChI is InChI=1S/C32H47F3N6O5S2/c1-3-40(31(43)44)24-9-14-38(15-10-24)20-25(42)21-41-28-11-16-39(48(2,45)46)22-26(28)30(36-41)23-7-8-27(32(33,34)35)29(19-23)47-18-17-37-12-5-4-6-13-37/h7-8,19,24-25,42H,3-6,9-18,20-22H2,1-2H3,(H,43,44). The number of amides is 1. The number of aliphatic hydroxyl groups excluding tert-OH is 1. The van der Waals surface area contributed by atoms with Crippen molar-refractivity contribution in [1.29, 1.82) is 0 Å². The van der Waals surface area contributed by atoms with Crippen LogP contribution in [0.2, 0.25) is 0 Å². The number of aromatic nitrogens is 2. The molecule has 2 aromatic rings. The summed E-state index contributed by atoms with van der Waals surface area (Å²) in [7, 11) is -3.53. The number of benzene rings is 1. The van der Waals surface area contributed by atoms with Gasteiger partial charge < -0.3 is 24.9 Å². The van der Waals surface area contributed by atoms with Gasteiger partial charge in [-0.2, -0.15) is 22.6 Å². The third-order valence-corrected chi connectivity index (χ3v) is 12.0. The fourth-order valence-electron chi connectivity index (χ4n) is 7.14. The van der Waals surface area contributed by atoms with Crippen LogP contribution >= 0.6 is 11.8 Å². The summed E-state index contributed by atoms with van der Waals surface area (Å²) in [5.41, 5.74) is 1.60. The van der Waals surface area contributed by atoms with Gasteiger partial charge in [-0.05, 0) is 57.8 Å². The molecule has 0 radical (unpaired) electrons. The maximum absolute atomic E-state index is 14.1. The van der Waals surface area contributed by atoms with E-state index in [1.54, 1.807) is 4.68 Å². The molecule has 1 atom stereocenters. The number of carboxylic acid groups (broad SMARTS) is 1. The number of aliphatic hydroxyl groups is 1. The van der Waals surface area contributed by atoms with E-state index in [4.69, 9.17) is 5.10 Å². The molecule has 1 aromatic heterocycles. The first-order chi connectivity index (χ1) is 22.7. The summed E-state index contributed by atoms with van der Waals surface area (Å²) in [5, 5.41) is 25.4. The first-order valence-electron chi connectivity index (χ1n) is 16.7. The minimum Gasteiger partial charge on any atom is -0.465 e. The highest BCUT2D eigenvalue weighted by Crippen LogP contribution is 2.40. The molecule has 0 bridgehead atoms. The van der Waals surface area contributed by atoms with Gasteiger partial charge in [-0.3, -0.25) is 4.68 Å². The molecule has 16 heteroatoms. The first-order valence-corrected chi connectivity index (χ1v) is 19.6. The highest BCUT2D eigenvalue weighted by Gasteiger charge is 2.35. The molecule has 0 saturated carbocycles. The van der Waals surface area contributed by atoms with Gasteiger partial charge in [-0.25, -0.2) is 13.2 Å². The average Bonchev–Trinajstić information content (AvgIpc) is 3.39. The lowest BCUT2D eigenvalue weighted by Crippen LogP contribution is -2.48. The number of fused-ring (bicyclic) bond motifs is 1. The van der Waals surface area contributed by atoms with E-state index >= 15 is 0 Å². The van der Waals surface area contributed by atoms with E-state index in [-0.39, 0.29) is 30.6 Å². The summed E-state index contributed by atoms with van der Waals surface area (Å²) in [5.74, 6) is 0.511. The van der Waals surface area contributed by atoms with Crippen molar-refractivity contribution in [3.05, 3.63) is 35.0 Å². The molecule has 48 heavy (non-hydrogen) atoms. The van der Waals surface area contributed by atoms with Crippen LogP contribution in [-0.4, -0.2) is 130 Å². The zero-order valence-corrected chi connectivity index (χ0v) is 29.3. The van der Waals surface area contributed by atoms with Crippen molar-refractivity contribution < 1.29 is 36.6 Å². The number of β-amino-alcohol motifs (C(OH)–C–C–N with tert-alkyl or cyclic N) is 1. The van der Waals surface area contributed by atoms with Gasteiger partial charge in [0.2, 0.25) is 10.0 Å². The maximum Gasteiger partial charge on any atom is 0.417 e. The first kappa shape index (κ1) is 36.9. The molecule has 1 amide bonds. The topological polar surface area (TPSA) is 122 Å². The SMILES string of the molecule is CCN(C(=O)O)C1CCN(CC(O)Cn2nc(-c3ccc(C(F)(F)F)c(SCCN4CCCCC4)c3)c3c2CCN(S(C)(=O)=O)C3)CC1. The number of rotatable bonds is 12. The Morgan fingerprint density at radius 3 is 2.42 bits per heavy atom. The minimum atomic E-state index is -4.53. The Bertz CT molecular complexity index is 1520. The van der Waals surface area contributed by atoms with Crippen LogP contribution in [0.25, 0.3) is 11.3 Å². The van der Waals surface area contributed by atoms with Crippen LogP contribution in [0.1, 0.15) is 55.8 Å². The monoisotopic (exact) mass is 716 g/mol. The number of sulfonamides is 1. The number of thioether (sulfide) groups is 1. The second-order valence-electron chi connectivity index (χ2n) is 13.0. The third-order valence-electron chi connectivity index (χ3n) is 9.68. The largest absolute Gasteiger partial charge is 0.465 e. The quantitative estimate of drug-likeness (QED) is 0.310. The highest BCUT2D eigenvalue weighted by atomic mass is 32.2. The summed E-state index contributed by atoms with van der Waals surface area (Å²) < 4.78 is 70.4. The van der Waals surface area contributed by atoms with Crippen LogP contribution in [0, 0.1) is 0 Å². The van der Waals surface area contributed by atoms with E-state index in [2.05, 4.69) is 9.80 Å². The summed E-state index contributed by atoms with van der Waals surface area (Å²) in [6.07, 6.45) is -0.0630. The Morgan fingerprint density at radius 2 is 1.79 bits per heavy atom. The second-order valence-corrected chi connectivity index (χ2v) is 16.1. The van der Waals surface area contributed by atoms with Gasteiger partial charge in [-0.15, -0.1) is 11.8 Å². The van der Waals surface area contributed by atoms with E-state index in [9.17, 15) is 36.6 Å². The molecule has 1 unspecified atom stereocenters. The third kappa shape index (κ3) is 9.04. The summed E-state index contributed by atoms with van der Waals surface area (Å²) >= 11 is 1.18. The molecule has 268 valence electrons. The van der Waals surface area contributed by atoms with E-state index in [0.717, 1.165) is 43.9 Å². The fraction of sp³-hybridized carbons (Fsp3) is 0.688. The lowest BCUT2D eigenvalue weighted by Gasteiger charge is -2.37. The molecule has 5 rings (SSSR count). The Hall–Kier alpha value is -2.37. The number of likely N-dealkylation sites (tertiary alicyclic amines) is 2. The van der Waals surface area contributed by atoms with Gasteiger partial charge in [0.25, 0.3) is 0 Å². The van der Waals surface area contributed by atoms with Crippen LogP contribution in [0.15, 0.2) is 23.1 Å². The zero-order chi connectivity index (χ0) is 34.6. The van der Waals surface area contributed by atoms with Crippen LogP contribution in [0.5, 0.6) is 0 Å². The van der Waals surface area contributed by atoms with Gasteiger partial charge in [0.1, 0.15) is 0 Å². The zero-order valence-electron chi connectivity index (χ0n) is 27.7. The van der Waals surface area contributed by atoms with Crippen molar-refractivity contribution in [2.45, 2.75) is 81.8 Å². The van der Waals surface area contributed by atoms with Crippen molar-refractivity contribution in [2.24, 2.45) is 0 Å². The highest BCUT2D eigenvalue weighted by molar-refractivity contribution is 7.99. The lowest BCUT2D eigenvalue weighted by atomic mass is 10.0. The molecular formula is C32H47F3N6O5S2. The molecule has 3 aliphatic heterocycles. The normalized spacial score (nSPS) is 19.7. The molecule has 2 fully saturated rings. The Balaban J connectivity index is 1.36. The predicted octanol–water partition coefficient (Wildman–Crippen LogP) is 4.29. The fourth-order valence-corrected chi connectivity index (χ4v) is 9.05. The second kappa shape index (κ2) is 15.7. The number of carbonyl (C=O) groups is 1. The van der Waals surface area contributed by atoms with Crippen molar-refractivity contribution >= 4 is 27.9 Å². The van der Waals surface area contributed by atoms with E-state index in [0.29, 0.717) is 74.6 Å². The van der Waals surface area contributed by atoms with Gasteiger partial charge in [0.05, 0.1) is 30.2 Å². The molecule has 3 aliphatic rings. The number of hydrogen-bond acceptors (Lipinski definition) is 8. The van der Waals surface area contributed by atoms with E-state index in [1.807, 2.05) is 6.92 Å². The molecule has 0 aliphatic carbocycles. The van der Waals surface area contributed by atoms with Crippen LogP contribution in [-0.2, 0) is 35.7 Å². The summed E-state index contributed by atoms with van der Waals surface area (Å²) in [6.45, 7) is 6.90. The van der Waals surface area contributed by atoms with Crippen LogP contribution in [0.4, 0.5) is 18.0 Å². The van der Waals surface area contributed by atoms with Crippen LogP contribution in [0.3, 0.4) is 0 Å². The van der Waals surface area contributed by atoms with Crippen molar-refractivity contribution in [3.8, 4) is 11.3 Å². The Kier molecular flexibility index (Phi) is 12.0. The summed E-state index contributed by atoms with van der Waals surface area (Å²) in [6, 6.07) is 3.95. The number of hydrogen-bond donors (Lipinski definition) is 2.